The molecule has 0 aromatic heterocycles. The Morgan fingerprint density at radius 2 is 2.35 bits per heavy atom. The van der Waals surface area contributed by atoms with E-state index in [2.05, 4.69) is 11.0 Å². The zero-order valence-corrected chi connectivity index (χ0v) is 10.4. The highest BCUT2D eigenvalue weighted by atomic mass is 16.5. The van der Waals surface area contributed by atoms with Crippen molar-refractivity contribution in [3.8, 4) is 6.07 Å². The molecule has 5 heteroatoms. The molecule has 0 spiro atoms. The summed E-state index contributed by atoms with van der Waals surface area (Å²) in [5.41, 5.74) is 5.94. The van der Waals surface area contributed by atoms with Gasteiger partial charge in [-0.1, -0.05) is 0 Å². The van der Waals surface area contributed by atoms with Crippen LogP contribution in [-0.4, -0.2) is 43.2 Å². The third-order valence-electron chi connectivity index (χ3n) is 3.00. The van der Waals surface area contributed by atoms with Gasteiger partial charge in [0.2, 0.25) is 0 Å². The maximum absolute atomic E-state index is 11.3. The molecule has 0 aromatic carbocycles. The molecule has 0 saturated carbocycles. The Balaban J connectivity index is 2.32. The van der Waals surface area contributed by atoms with Crippen LogP contribution in [0, 0.1) is 17.2 Å². The Morgan fingerprint density at radius 3 is 3.00 bits per heavy atom. The van der Waals surface area contributed by atoms with Crippen molar-refractivity contribution in [3.05, 3.63) is 0 Å². The van der Waals surface area contributed by atoms with Crippen LogP contribution in [0.3, 0.4) is 0 Å². The molecule has 2 N–H and O–H groups in total. The lowest BCUT2D eigenvalue weighted by molar-refractivity contribution is -0.143. The third-order valence-corrected chi connectivity index (χ3v) is 3.00. The summed E-state index contributed by atoms with van der Waals surface area (Å²) in [4.78, 5) is 13.3. The highest BCUT2D eigenvalue weighted by molar-refractivity contribution is 5.69. The van der Waals surface area contributed by atoms with E-state index in [0.29, 0.717) is 25.5 Å². The van der Waals surface area contributed by atoms with Crippen LogP contribution in [0.2, 0.25) is 0 Å². The molecule has 1 saturated heterocycles. The second kappa shape index (κ2) is 7.25. The molecule has 2 atom stereocenters. The maximum Gasteiger partial charge on any atom is 0.305 e. The first-order valence-corrected chi connectivity index (χ1v) is 6.16. The lowest BCUT2D eigenvalue weighted by atomic mass is 9.91. The minimum Gasteiger partial charge on any atom is -0.466 e. The Labute approximate surface area is 103 Å². The summed E-state index contributed by atoms with van der Waals surface area (Å²) in [5, 5.41) is 8.67. The molecule has 1 aliphatic rings. The van der Waals surface area contributed by atoms with E-state index in [4.69, 9.17) is 15.7 Å². The smallest absolute Gasteiger partial charge is 0.305 e. The van der Waals surface area contributed by atoms with Crippen LogP contribution in [0.5, 0.6) is 0 Å². The molecule has 2 unspecified atom stereocenters. The van der Waals surface area contributed by atoms with Crippen molar-refractivity contribution in [2.24, 2.45) is 11.7 Å². The number of hydrogen-bond donors (Lipinski definition) is 1. The molecule has 96 valence electrons. The van der Waals surface area contributed by atoms with E-state index in [1.165, 1.54) is 0 Å². The molecule has 0 aromatic rings. The molecule has 5 nitrogen and oxygen atoms in total. The number of nitrogens with zero attached hydrogens (tertiary/aromatic N) is 2. The summed E-state index contributed by atoms with van der Waals surface area (Å²) in [6, 6.07) is 2.26. The second-order valence-corrected chi connectivity index (χ2v) is 4.56. The molecule has 17 heavy (non-hydrogen) atoms. The van der Waals surface area contributed by atoms with Crippen LogP contribution in [-0.2, 0) is 9.53 Å². The van der Waals surface area contributed by atoms with E-state index in [-0.39, 0.29) is 12.0 Å². The average Bonchev–Trinajstić information content (AvgIpc) is 2.26. The maximum atomic E-state index is 11.3. The van der Waals surface area contributed by atoms with Gasteiger partial charge in [-0.25, -0.2) is 0 Å². The van der Waals surface area contributed by atoms with Crippen LogP contribution in [0.25, 0.3) is 0 Å². The van der Waals surface area contributed by atoms with Gasteiger partial charge in [0.25, 0.3) is 0 Å². The number of rotatable bonds is 5. The van der Waals surface area contributed by atoms with Gasteiger partial charge in [0.15, 0.2) is 0 Å². The summed E-state index contributed by atoms with van der Waals surface area (Å²) < 4.78 is 4.90. The summed E-state index contributed by atoms with van der Waals surface area (Å²) in [6.45, 7) is 4.31. The number of nitrogens with two attached hydrogens (primary N) is 1. The molecule has 1 aliphatic heterocycles. The fourth-order valence-electron chi connectivity index (χ4n) is 2.34. The molecule has 0 radical (unpaired) electrons. The molecular weight excluding hydrogens is 218 g/mol. The largest absolute Gasteiger partial charge is 0.466 e. The zero-order chi connectivity index (χ0) is 12.7. The van der Waals surface area contributed by atoms with Crippen LogP contribution < -0.4 is 5.73 Å². The fraction of sp³-hybridized carbons (Fsp3) is 0.833. The Morgan fingerprint density at radius 1 is 1.59 bits per heavy atom. The van der Waals surface area contributed by atoms with E-state index in [9.17, 15) is 4.79 Å². The number of ether oxygens (including phenoxy) is 1. The SMILES string of the molecule is CCOC(=O)CCC1CC(N)CN(CC#N)C1. The molecule has 0 amide bonds. The molecule has 0 aliphatic carbocycles. The zero-order valence-electron chi connectivity index (χ0n) is 10.4. The Bertz CT molecular complexity index is 288. The van der Waals surface area contributed by atoms with Gasteiger partial charge in [-0.3, -0.25) is 9.69 Å². The monoisotopic (exact) mass is 239 g/mol. The first-order chi connectivity index (χ1) is 8.15. The van der Waals surface area contributed by atoms with E-state index in [0.717, 1.165) is 25.9 Å². The van der Waals surface area contributed by atoms with Crippen molar-refractivity contribution in [2.75, 3.05) is 26.2 Å². The molecular formula is C12H21N3O2. The van der Waals surface area contributed by atoms with Gasteiger partial charge in [0.05, 0.1) is 19.2 Å². The van der Waals surface area contributed by atoms with Crippen LogP contribution in [0.4, 0.5) is 0 Å². The minimum absolute atomic E-state index is 0.115. The molecule has 1 heterocycles. The predicted octanol–water partition coefficient (Wildman–Crippen LogP) is 0.502. The number of hydrogen-bond acceptors (Lipinski definition) is 5. The molecule has 0 bridgehead atoms. The first kappa shape index (κ1) is 13.9. The summed E-state index contributed by atoms with van der Waals surface area (Å²) in [6.07, 6.45) is 2.18. The minimum atomic E-state index is -0.140. The highest BCUT2D eigenvalue weighted by Gasteiger charge is 2.25. The highest BCUT2D eigenvalue weighted by Crippen LogP contribution is 2.20. The van der Waals surface area contributed by atoms with E-state index >= 15 is 0 Å². The van der Waals surface area contributed by atoms with Gasteiger partial charge in [-0.2, -0.15) is 5.26 Å². The number of carbonyl (C=O) groups excluding carboxylic acids is 1. The molecule has 1 rings (SSSR count). The van der Waals surface area contributed by atoms with Crippen molar-refractivity contribution < 1.29 is 9.53 Å². The Kier molecular flexibility index (Phi) is 5.95. The fourth-order valence-corrected chi connectivity index (χ4v) is 2.34. The van der Waals surface area contributed by atoms with Crippen molar-refractivity contribution in [3.63, 3.8) is 0 Å². The standard InChI is InChI=1S/C12H21N3O2/c1-2-17-12(16)4-3-10-7-11(14)9-15(8-10)6-5-13/h10-11H,2-4,6-9,14H2,1H3. The number of carbonyl (C=O) groups is 1. The van der Waals surface area contributed by atoms with Crippen LogP contribution >= 0.6 is 0 Å². The topological polar surface area (TPSA) is 79.3 Å². The normalized spacial score (nSPS) is 25.2. The number of esters is 1. The lowest BCUT2D eigenvalue weighted by Crippen LogP contribution is -2.47. The van der Waals surface area contributed by atoms with Gasteiger partial charge in [-0.15, -0.1) is 0 Å². The van der Waals surface area contributed by atoms with Crippen molar-refractivity contribution in [1.29, 1.82) is 5.26 Å². The van der Waals surface area contributed by atoms with Crippen molar-refractivity contribution >= 4 is 5.97 Å². The molecule has 1 fully saturated rings. The summed E-state index contributed by atoms with van der Waals surface area (Å²) >= 11 is 0. The summed E-state index contributed by atoms with van der Waals surface area (Å²) in [5.74, 6) is 0.259. The summed E-state index contributed by atoms with van der Waals surface area (Å²) in [7, 11) is 0. The average molecular weight is 239 g/mol. The quantitative estimate of drug-likeness (QED) is 0.558. The predicted molar refractivity (Wildman–Crippen MR) is 64.0 cm³/mol. The van der Waals surface area contributed by atoms with Gasteiger partial charge < -0.3 is 10.5 Å². The van der Waals surface area contributed by atoms with Gasteiger partial charge in [0, 0.05) is 25.6 Å². The van der Waals surface area contributed by atoms with Gasteiger partial charge in [0.1, 0.15) is 0 Å². The van der Waals surface area contributed by atoms with E-state index in [1.54, 1.807) is 0 Å². The first-order valence-electron chi connectivity index (χ1n) is 6.16. The van der Waals surface area contributed by atoms with Gasteiger partial charge in [-0.05, 0) is 25.7 Å². The van der Waals surface area contributed by atoms with Crippen molar-refractivity contribution in [1.82, 2.24) is 4.90 Å². The number of piperidine rings is 1. The van der Waals surface area contributed by atoms with Crippen LogP contribution in [0.1, 0.15) is 26.2 Å². The van der Waals surface area contributed by atoms with Crippen LogP contribution in [0.15, 0.2) is 0 Å². The van der Waals surface area contributed by atoms with E-state index < -0.39 is 0 Å². The second-order valence-electron chi connectivity index (χ2n) is 4.56. The lowest BCUT2D eigenvalue weighted by Gasteiger charge is -2.34. The van der Waals surface area contributed by atoms with Gasteiger partial charge >= 0.3 is 5.97 Å². The third kappa shape index (κ3) is 5.16. The Hall–Kier alpha value is -1.12. The van der Waals surface area contributed by atoms with E-state index in [1.807, 2.05) is 6.92 Å². The number of nitriles is 1. The van der Waals surface area contributed by atoms with Crippen molar-refractivity contribution in [2.45, 2.75) is 32.2 Å². The number of likely N-dealkylation sites (tertiary alicyclic amines) is 1.